The van der Waals surface area contributed by atoms with E-state index in [0.29, 0.717) is 36.5 Å². The molecule has 5 rings (SSSR count). The quantitative estimate of drug-likeness (QED) is 0.736. The highest BCUT2D eigenvalue weighted by Crippen LogP contribution is 2.37. The predicted molar refractivity (Wildman–Crippen MR) is 113 cm³/mol. The van der Waals surface area contributed by atoms with Gasteiger partial charge in [-0.25, -0.2) is 0 Å². The van der Waals surface area contributed by atoms with Crippen LogP contribution in [-0.4, -0.2) is 77.9 Å². The molecule has 0 aromatic carbocycles. The molecule has 7 nitrogen and oxygen atoms in total. The Kier molecular flexibility index (Phi) is 5.45. The highest BCUT2D eigenvalue weighted by Gasteiger charge is 2.38. The lowest BCUT2D eigenvalue weighted by Gasteiger charge is -2.46. The lowest BCUT2D eigenvalue weighted by Crippen LogP contribution is -2.53. The Morgan fingerprint density at radius 3 is 2.47 bits per heavy atom. The summed E-state index contributed by atoms with van der Waals surface area (Å²) in [6.07, 6.45) is 3.35. The van der Waals surface area contributed by atoms with E-state index >= 15 is 0 Å². The molecule has 1 amide bonds. The second kappa shape index (κ2) is 8.09. The first-order valence-corrected chi connectivity index (χ1v) is 11.5. The molecule has 3 saturated heterocycles. The van der Waals surface area contributed by atoms with Crippen LogP contribution in [0, 0.1) is 5.92 Å². The molecule has 1 aromatic heterocycles. The van der Waals surface area contributed by atoms with Crippen LogP contribution >= 0.6 is 0 Å². The maximum absolute atomic E-state index is 13.3. The molecule has 4 aliphatic rings. The summed E-state index contributed by atoms with van der Waals surface area (Å²) in [7, 11) is 0. The number of morpholine rings is 1. The van der Waals surface area contributed by atoms with E-state index in [1.165, 1.54) is 0 Å². The number of rotatable bonds is 2. The number of fused-ring (bicyclic) bond motifs is 4. The number of hydrogen-bond acceptors (Lipinski definition) is 5. The summed E-state index contributed by atoms with van der Waals surface area (Å²) in [5.41, 5.74) is 1.30. The summed E-state index contributed by atoms with van der Waals surface area (Å²) in [4.78, 5) is 30.9. The van der Waals surface area contributed by atoms with Crippen LogP contribution in [0.5, 0.6) is 0 Å². The SMILES string of the molecule is C[C@@H]1CN(C(=O)c2ccc3n(c2=O)C[C@H]2C[C@@H]3CN(C3CCOCC3)C2)C[C@H](C)O1. The molecule has 2 bridgehead atoms. The maximum atomic E-state index is 13.3. The molecule has 0 N–H and O–H groups in total. The van der Waals surface area contributed by atoms with Crippen molar-refractivity contribution in [1.29, 1.82) is 0 Å². The molecule has 1 aromatic rings. The Hall–Kier alpha value is -1.70. The van der Waals surface area contributed by atoms with E-state index in [4.69, 9.17) is 9.47 Å². The van der Waals surface area contributed by atoms with Crippen LogP contribution < -0.4 is 5.56 Å². The molecule has 7 heteroatoms. The molecule has 0 radical (unpaired) electrons. The summed E-state index contributed by atoms with van der Waals surface area (Å²) in [5.74, 6) is 0.697. The fraction of sp³-hybridized carbons (Fsp3) is 0.739. The Morgan fingerprint density at radius 2 is 1.73 bits per heavy atom. The first-order valence-electron chi connectivity index (χ1n) is 11.5. The van der Waals surface area contributed by atoms with Gasteiger partial charge in [0.15, 0.2) is 0 Å². The van der Waals surface area contributed by atoms with Crippen LogP contribution in [0.2, 0.25) is 0 Å². The van der Waals surface area contributed by atoms with Crippen molar-refractivity contribution in [2.75, 3.05) is 39.4 Å². The van der Waals surface area contributed by atoms with Crippen LogP contribution in [0.15, 0.2) is 16.9 Å². The Bertz CT molecular complexity index is 852. The molecule has 164 valence electrons. The van der Waals surface area contributed by atoms with Gasteiger partial charge in [0.25, 0.3) is 11.5 Å². The Morgan fingerprint density at radius 1 is 1.00 bits per heavy atom. The van der Waals surface area contributed by atoms with Crippen LogP contribution in [0.3, 0.4) is 0 Å². The van der Waals surface area contributed by atoms with Crippen LogP contribution in [0.1, 0.15) is 55.1 Å². The van der Waals surface area contributed by atoms with Crippen molar-refractivity contribution < 1.29 is 14.3 Å². The highest BCUT2D eigenvalue weighted by molar-refractivity contribution is 5.94. The summed E-state index contributed by atoms with van der Waals surface area (Å²) >= 11 is 0. The number of nitrogens with zero attached hydrogens (tertiary/aromatic N) is 3. The maximum Gasteiger partial charge on any atom is 0.263 e. The van der Waals surface area contributed by atoms with Crippen LogP contribution in [-0.2, 0) is 16.0 Å². The number of carbonyl (C=O) groups is 1. The van der Waals surface area contributed by atoms with Crippen molar-refractivity contribution in [3.05, 3.63) is 33.7 Å². The molecular weight excluding hydrogens is 382 g/mol. The van der Waals surface area contributed by atoms with Gasteiger partial charge in [-0.1, -0.05) is 0 Å². The fourth-order valence-electron chi connectivity index (χ4n) is 6.01. The topological polar surface area (TPSA) is 64.0 Å². The van der Waals surface area contributed by atoms with E-state index in [1.807, 2.05) is 24.5 Å². The van der Waals surface area contributed by atoms with Crippen LogP contribution in [0.4, 0.5) is 0 Å². The van der Waals surface area contributed by atoms with Crippen molar-refractivity contribution >= 4 is 5.91 Å². The van der Waals surface area contributed by atoms with Gasteiger partial charge in [0.2, 0.25) is 0 Å². The van der Waals surface area contributed by atoms with Crippen molar-refractivity contribution in [3.63, 3.8) is 0 Å². The van der Waals surface area contributed by atoms with E-state index in [2.05, 4.69) is 4.90 Å². The van der Waals surface area contributed by atoms with Crippen molar-refractivity contribution in [3.8, 4) is 0 Å². The van der Waals surface area contributed by atoms with Crippen LogP contribution in [0.25, 0.3) is 0 Å². The van der Waals surface area contributed by atoms with E-state index in [9.17, 15) is 9.59 Å². The van der Waals surface area contributed by atoms with Gasteiger partial charge in [-0.2, -0.15) is 0 Å². The Balaban J connectivity index is 1.38. The largest absolute Gasteiger partial charge is 0.381 e. The minimum atomic E-state index is -0.156. The first kappa shape index (κ1) is 20.2. The zero-order valence-electron chi connectivity index (χ0n) is 18.1. The number of amides is 1. The van der Waals surface area contributed by atoms with Gasteiger partial charge in [-0.15, -0.1) is 0 Å². The minimum Gasteiger partial charge on any atom is -0.381 e. The van der Waals surface area contributed by atoms with Gasteiger partial charge in [0.05, 0.1) is 12.2 Å². The molecule has 0 spiro atoms. The van der Waals surface area contributed by atoms with Gasteiger partial charge in [0.1, 0.15) is 5.56 Å². The smallest absolute Gasteiger partial charge is 0.263 e. The zero-order valence-corrected chi connectivity index (χ0v) is 18.1. The van der Waals surface area contributed by atoms with E-state index in [0.717, 1.165) is 57.8 Å². The second-order valence-electron chi connectivity index (χ2n) is 9.65. The summed E-state index contributed by atoms with van der Waals surface area (Å²) in [6.45, 7) is 9.51. The van der Waals surface area contributed by atoms with Gasteiger partial charge >= 0.3 is 0 Å². The third-order valence-corrected chi connectivity index (χ3v) is 7.28. The van der Waals surface area contributed by atoms with E-state index in [-0.39, 0.29) is 23.7 Å². The summed E-state index contributed by atoms with van der Waals surface area (Å²) in [5, 5.41) is 0. The Labute approximate surface area is 177 Å². The standard InChI is InChI=1S/C23H33N3O4/c1-15-10-25(11-16(2)30-15)22(27)20-3-4-21-18-9-17(13-26(21)23(20)28)12-24(14-18)19-5-7-29-8-6-19/h3-4,15-19H,5-14H2,1-2H3/t15-,16+,17-,18+/m0/s1. The molecule has 5 heterocycles. The second-order valence-corrected chi connectivity index (χ2v) is 9.65. The van der Waals surface area contributed by atoms with E-state index < -0.39 is 0 Å². The third kappa shape index (κ3) is 3.72. The van der Waals surface area contributed by atoms with Gasteiger partial charge in [-0.05, 0) is 51.2 Å². The normalized spacial score (nSPS) is 32.7. The fourth-order valence-corrected chi connectivity index (χ4v) is 6.01. The third-order valence-electron chi connectivity index (χ3n) is 7.28. The van der Waals surface area contributed by atoms with Crippen molar-refractivity contribution in [2.45, 2.75) is 63.8 Å². The lowest BCUT2D eigenvalue weighted by molar-refractivity contribution is -0.0586. The number of carbonyl (C=O) groups excluding carboxylic acids is 1. The summed E-state index contributed by atoms with van der Waals surface area (Å²) < 4.78 is 13.2. The van der Waals surface area contributed by atoms with Gasteiger partial charge < -0.3 is 18.9 Å². The number of aromatic nitrogens is 1. The number of ether oxygens (including phenoxy) is 2. The molecule has 0 aliphatic carbocycles. The zero-order chi connectivity index (χ0) is 20.8. The molecule has 0 unspecified atom stereocenters. The average molecular weight is 416 g/mol. The number of pyridine rings is 1. The van der Waals surface area contributed by atoms with Crippen molar-refractivity contribution in [1.82, 2.24) is 14.4 Å². The first-order chi connectivity index (χ1) is 14.5. The number of hydrogen-bond donors (Lipinski definition) is 0. The number of likely N-dealkylation sites (tertiary alicyclic amines) is 1. The summed E-state index contributed by atoms with van der Waals surface area (Å²) in [6, 6.07) is 4.42. The predicted octanol–water partition coefficient (Wildman–Crippen LogP) is 1.70. The van der Waals surface area contributed by atoms with Gasteiger partial charge in [0, 0.05) is 63.6 Å². The van der Waals surface area contributed by atoms with E-state index in [1.54, 1.807) is 11.0 Å². The molecule has 4 atom stereocenters. The molecular formula is C23H33N3O4. The molecule has 3 fully saturated rings. The molecule has 0 saturated carbocycles. The van der Waals surface area contributed by atoms with Crippen molar-refractivity contribution in [2.24, 2.45) is 5.92 Å². The highest BCUT2D eigenvalue weighted by atomic mass is 16.5. The average Bonchev–Trinajstić information content (AvgIpc) is 2.74. The minimum absolute atomic E-state index is 0.00592. The monoisotopic (exact) mass is 415 g/mol. The molecule has 30 heavy (non-hydrogen) atoms. The van der Waals surface area contributed by atoms with Gasteiger partial charge in [-0.3, -0.25) is 14.5 Å². The number of piperidine rings is 1. The lowest BCUT2D eigenvalue weighted by atomic mass is 9.82. The molecule has 4 aliphatic heterocycles.